The highest BCUT2D eigenvalue weighted by atomic mass is 35.5. The van der Waals surface area contributed by atoms with Gasteiger partial charge in [0.2, 0.25) is 0 Å². The van der Waals surface area contributed by atoms with Crippen molar-refractivity contribution in [3.05, 3.63) is 5.82 Å². The molecule has 0 aromatic carbocycles. The summed E-state index contributed by atoms with van der Waals surface area (Å²) in [5.41, 5.74) is 0. The summed E-state index contributed by atoms with van der Waals surface area (Å²) in [6.07, 6.45) is 5.75. The number of aromatic nitrogens is 4. The van der Waals surface area contributed by atoms with Crippen LogP contribution in [0.5, 0.6) is 0 Å². The average molecular weight is 189 g/mol. The van der Waals surface area contributed by atoms with Crippen LogP contribution in [-0.2, 0) is 6.42 Å². The van der Waals surface area contributed by atoms with Gasteiger partial charge in [-0.3, -0.25) is 0 Å². The van der Waals surface area contributed by atoms with E-state index in [-0.39, 0.29) is 0 Å². The van der Waals surface area contributed by atoms with Crippen LogP contribution in [-0.4, -0.2) is 19.7 Å². The molecule has 0 radical (unpaired) electrons. The summed E-state index contributed by atoms with van der Waals surface area (Å²) in [4.78, 5) is 0. The van der Waals surface area contributed by atoms with Gasteiger partial charge in [-0.2, -0.15) is 0 Å². The number of rotatable bonds is 5. The monoisotopic (exact) mass is 188 g/mol. The minimum atomic E-state index is 0.737. The molecular formula is C7H13ClN4. The summed E-state index contributed by atoms with van der Waals surface area (Å²) >= 11 is 5.43. The van der Waals surface area contributed by atoms with Crippen LogP contribution >= 0.6 is 11.8 Å². The van der Waals surface area contributed by atoms with Crippen LogP contribution in [0.4, 0.5) is 0 Å². The molecule has 0 N–H and O–H groups in total. The van der Waals surface area contributed by atoms with Crippen LogP contribution < -0.4 is 0 Å². The Morgan fingerprint density at radius 1 is 1.33 bits per heavy atom. The second-order valence-electron chi connectivity index (χ2n) is 2.76. The molecule has 12 heavy (non-hydrogen) atoms. The highest BCUT2D eigenvalue weighted by Crippen LogP contribution is 2.02. The smallest absolute Gasteiger partial charge is 0.120 e. The van der Waals surface area contributed by atoms with Crippen molar-refractivity contribution >= 4 is 11.8 Å². The predicted molar refractivity (Wildman–Crippen MR) is 46.9 cm³/mol. The van der Waals surface area contributed by atoms with Gasteiger partial charge in [0.05, 0.1) is 11.8 Å². The van der Waals surface area contributed by atoms with E-state index in [9.17, 15) is 0 Å². The maximum atomic E-state index is 5.43. The number of halogens is 1. The molecule has 0 bridgehead atoms. The lowest BCUT2D eigenvalue weighted by Crippen LogP contribution is -1.89. The molecule has 0 saturated heterocycles. The zero-order valence-corrected chi connectivity index (χ0v) is 7.96. The van der Waals surface area contributed by atoms with E-state index in [0.29, 0.717) is 0 Å². The molecule has 0 aliphatic carbocycles. The van der Waals surface area contributed by atoms with Crippen LogP contribution in [0.2, 0.25) is 0 Å². The van der Waals surface area contributed by atoms with E-state index in [0.717, 1.165) is 23.0 Å². The van der Waals surface area contributed by atoms with Crippen LogP contribution in [0.3, 0.4) is 0 Å². The summed E-state index contributed by atoms with van der Waals surface area (Å²) < 4.78 is 0.981. The third-order valence-electron chi connectivity index (χ3n) is 1.69. The van der Waals surface area contributed by atoms with E-state index in [2.05, 4.69) is 22.3 Å². The van der Waals surface area contributed by atoms with Gasteiger partial charge in [-0.05, 0) is 11.6 Å². The summed E-state index contributed by atoms with van der Waals surface area (Å²) in [6, 6.07) is 0. The number of nitrogens with zero attached hydrogens (tertiary/aromatic N) is 4. The molecule has 1 aromatic rings. The van der Waals surface area contributed by atoms with Crippen molar-refractivity contribution in [3.63, 3.8) is 0 Å². The lowest BCUT2D eigenvalue weighted by Gasteiger charge is -1.93. The lowest BCUT2D eigenvalue weighted by atomic mass is 10.1. The molecule has 0 saturated carbocycles. The Balaban J connectivity index is 2.15. The number of hydrogen-bond donors (Lipinski definition) is 0. The van der Waals surface area contributed by atoms with Crippen molar-refractivity contribution in [1.29, 1.82) is 0 Å². The van der Waals surface area contributed by atoms with Gasteiger partial charge in [0.15, 0.2) is 5.82 Å². The first-order valence-electron chi connectivity index (χ1n) is 4.28. The van der Waals surface area contributed by atoms with Crippen LogP contribution in [0.15, 0.2) is 0 Å². The fourth-order valence-corrected chi connectivity index (χ4v) is 1.15. The van der Waals surface area contributed by atoms with Crippen molar-refractivity contribution in [3.8, 4) is 0 Å². The van der Waals surface area contributed by atoms with Gasteiger partial charge in [0.1, 0.15) is 0 Å². The molecule has 4 nitrogen and oxygen atoms in total. The summed E-state index contributed by atoms with van der Waals surface area (Å²) in [6.45, 7) is 2.19. The van der Waals surface area contributed by atoms with Crippen molar-refractivity contribution < 1.29 is 0 Å². The molecular weight excluding hydrogens is 176 g/mol. The quantitative estimate of drug-likeness (QED) is 0.662. The van der Waals surface area contributed by atoms with Gasteiger partial charge in [-0.1, -0.05) is 30.5 Å². The molecule has 1 heterocycles. The van der Waals surface area contributed by atoms with Crippen LogP contribution in [0.1, 0.15) is 38.4 Å². The molecule has 1 rings (SSSR count). The zero-order chi connectivity index (χ0) is 8.81. The minimum Gasteiger partial charge on any atom is -0.120 e. The summed E-state index contributed by atoms with van der Waals surface area (Å²) in [7, 11) is 0. The second kappa shape index (κ2) is 5.09. The van der Waals surface area contributed by atoms with Crippen LogP contribution in [0, 0.1) is 0 Å². The zero-order valence-electron chi connectivity index (χ0n) is 7.20. The Labute approximate surface area is 77.0 Å². The number of aryl methyl sites for hydroxylation is 1. The van der Waals surface area contributed by atoms with E-state index in [4.69, 9.17) is 11.8 Å². The Kier molecular flexibility index (Phi) is 4.00. The van der Waals surface area contributed by atoms with E-state index in [1.807, 2.05) is 0 Å². The first kappa shape index (κ1) is 9.45. The predicted octanol–water partition coefficient (Wildman–Crippen LogP) is 1.80. The van der Waals surface area contributed by atoms with Crippen molar-refractivity contribution in [2.45, 2.75) is 39.0 Å². The van der Waals surface area contributed by atoms with E-state index in [1.165, 1.54) is 19.3 Å². The molecule has 5 heteroatoms. The third-order valence-corrected chi connectivity index (χ3v) is 1.83. The van der Waals surface area contributed by atoms with Gasteiger partial charge >= 0.3 is 0 Å². The average Bonchev–Trinajstić information content (AvgIpc) is 2.45. The normalized spacial score (nSPS) is 10.5. The second-order valence-corrected chi connectivity index (χ2v) is 3.06. The Morgan fingerprint density at radius 3 is 2.75 bits per heavy atom. The fraction of sp³-hybridized carbons (Fsp3) is 0.857. The number of hydrogen-bond acceptors (Lipinski definition) is 3. The molecule has 0 aliphatic rings. The van der Waals surface area contributed by atoms with Gasteiger partial charge in [0, 0.05) is 6.42 Å². The van der Waals surface area contributed by atoms with E-state index < -0.39 is 0 Å². The standard InChI is InChI=1S/C7H13ClN4/c1-2-3-4-5-6-7-9-11-12(8)10-7/h2-6H2,1H3. The highest BCUT2D eigenvalue weighted by molar-refractivity contribution is 6.13. The van der Waals surface area contributed by atoms with Crippen molar-refractivity contribution in [2.24, 2.45) is 0 Å². The van der Waals surface area contributed by atoms with E-state index in [1.54, 1.807) is 0 Å². The molecule has 0 atom stereocenters. The highest BCUT2D eigenvalue weighted by Gasteiger charge is 1.99. The summed E-state index contributed by atoms with van der Waals surface area (Å²) in [5, 5.41) is 11.2. The topological polar surface area (TPSA) is 43.6 Å². The molecule has 0 spiro atoms. The van der Waals surface area contributed by atoms with Crippen molar-refractivity contribution in [1.82, 2.24) is 19.7 Å². The molecule has 0 fully saturated rings. The largest absolute Gasteiger partial charge is 0.176 e. The molecule has 0 amide bonds. The molecule has 68 valence electrons. The van der Waals surface area contributed by atoms with E-state index >= 15 is 0 Å². The fourth-order valence-electron chi connectivity index (χ4n) is 1.03. The van der Waals surface area contributed by atoms with Gasteiger partial charge in [0.25, 0.3) is 0 Å². The maximum Gasteiger partial charge on any atom is 0.176 e. The van der Waals surface area contributed by atoms with Gasteiger partial charge in [-0.15, -0.1) is 10.2 Å². The maximum absolute atomic E-state index is 5.43. The number of unbranched alkanes of at least 4 members (excludes halogenated alkanes) is 3. The first-order chi connectivity index (χ1) is 5.83. The molecule has 0 aliphatic heterocycles. The Morgan fingerprint density at radius 2 is 2.17 bits per heavy atom. The Bertz CT molecular complexity index is 223. The molecule has 0 unspecified atom stereocenters. The number of tetrazole rings is 1. The lowest BCUT2D eigenvalue weighted by molar-refractivity contribution is 0.652. The Hall–Kier alpha value is -0.640. The third kappa shape index (κ3) is 3.17. The van der Waals surface area contributed by atoms with Gasteiger partial charge in [-0.25, -0.2) is 0 Å². The summed E-state index contributed by atoms with van der Waals surface area (Å²) in [5.74, 6) is 0.737. The minimum absolute atomic E-state index is 0.737. The first-order valence-corrected chi connectivity index (χ1v) is 4.61. The van der Waals surface area contributed by atoms with Crippen molar-refractivity contribution in [2.75, 3.05) is 0 Å². The molecule has 1 aromatic heterocycles. The van der Waals surface area contributed by atoms with Gasteiger partial charge < -0.3 is 0 Å². The SMILES string of the molecule is CCCCCCc1nnn(Cl)n1. The van der Waals surface area contributed by atoms with Crippen LogP contribution in [0.25, 0.3) is 0 Å².